The molecule has 5 nitrogen and oxygen atoms in total. The summed E-state index contributed by atoms with van der Waals surface area (Å²) < 4.78 is 53.9. The van der Waals surface area contributed by atoms with Crippen molar-refractivity contribution in [2.75, 3.05) is 18.0 Å². The molecule has 1 N–H and O–H groups in total. The Balaban J connectivity index is 1.88. The van der Waals surface area contributed by atoms with E-state index < -0.39 is 17.6 Å². The van der Waals surface area contributed by atoms with Gasteiger partial charge in [0.1, 0.15) is 11.6 Å². The van der Waals surface area contributed by atoms with E-state index in [1.54, 1.807) is 21.8 Å². The number of fused-ring (bicyclic) bond motifs is 1. The molecule has 9 heteroatoms. The van der Waals surface area contributed by atoms with Gasteiger partial charge in [0, 0.05) is 37.3 Å². The van der Waals surface area contributed by atoms with E-state index in [9.17, 15) is 22.4 Å². The summed E-state index contributed by atoms with van der Waals surface area (Å²) in [6.07, 6.45) is -2.03. The van der Waals surface area contributed by atoms with Gasteiger partial charge in [-0.2, -0.15) is 18.3 Å². The van der Waals surface area contributed by atoms with E-state index in [4.69, 9.17) is 0 Å². The topological polar surface area (TPSA) is 50.2 Å². The zero-order chi connectivity index (χ0) is 18.9. The zero-order valence-corrected chi connectivity index (χ0v) is 13.6. The van der Waals surface area contributed by atoms with E-state index in [0.717, 1.165) is 18.2 Å². The molecule has 1 atom stereocenters. The van der Waals surface area contributed by atoms with Crippen molar-refractivity contribution in [2.45, 2.75) is 12.7 Å². The second-order valence-electron chi connectivity index (χ2n) is 5.96. The molecule has 1 aromatic carbocycles. The number of nitrogens with zero attached hydrogens (tertiary/aromatic N) is 3. The quantitative estimate of drug-likeness (QED) is 0.667. The number of benzene rings is 1. The van der Waals surface area contributed by atoms with Crippen molar-refractivity contribution >= 4 is 17.4 Å². The van der Waals surface area contributed by atoms with Gasteiger partial charge in [-0.15, -0.1) is 0 Å². The highest BCUT2D eigenvalue weighted by Gasteiger charge is 2.35. The minimum atomic E-state index is -4.75. The molecule has 1 unspecified atom stereocenters. The number of hydrogen-bond donors (Lipinski definition) is 1. The largest absolute Gasteiger partial charge is 0.419 e. The number of alkyl halides is 3. The Morgan fingerprint density at radius 3 is 2.77 bits per heavy atom. The van der Waals surface area contributed by atoms with Crippen molar-refractivity contribution in [1.29, 1.82) is 0 Å². The molecule has 0 saturated carbocycles. The van der Waals surface area contributed by atoms with E-state index in [1.165, 1.54) is 6.07 Å². The molecule has 0 radical (unpaired) electrons. The fourth-order valence-electron chi connectivity index (χ4n) is 2.94. The Kier molecular flexibility index (Phi) is 4.71. The highest BCUT2D eigenvalue weighted by molar-refractivity contribution is 5.86. The molecule has 0 bridgehead atoms. The van der Waals surface area contributed by atoms with Crippen LogP contribution < -0.4 is 10.2 Å². The van der Waals surface area contributed by atoms with E-state index in [-0.39, 0.29) is 17.5 Å². The maximum Gasteiger partial charge on any atom is 0.419 e. The average molecular weight is 368 g/mol. The molecule has 2 aromatic rings. The highest BCUT2D eigenvalue weighted by atomic mass is 19.4. The third-order valence-corrected chi connectivity index (χ3v) is 4.16. The van der Waals surface area contributed by atoms with Crippen LogP contribution in [-0.4, -0.2) is 28.8 Å². The van der Waals surface area contributed by atoms with Crippen LogP contribution in [0.2, 0.25) is 0 Å². The number of amides is 1. The standard InChI is InChI=1S/C17H16F4N4O/c1-2-15(26)22-8-11-9-24(16-5-6-23-25(16)10-11)12-3-4-13(14(18)7-12)17(19,20)21/h2-7,11H,1,8-10H2,(H,22,26). The van der Waals surface area contributed by atoms with Gasteiger partial charge in [0.2, 0.25) is 5.91 Å². The third kappa shape index (κ3) is 3.56. The van der Waals surface area contributed by atoms with E-state index in [2.05, 4.69) is 17.0 Å². The molecule has 26 heavy (non-hydrogen) atoms. The zero-order valence-electron chi connectivity index (χ0n) is 13.6. The van der Waals surface area contributed by atoms with Crippen molar-refractivity contribution in [1.82, 2.24) is 15.1 Å². The Morgan fingerprint density at radius 1 is 1.35 bits per heavy atom. The van der Waals surface area contributed by atoms with Gasteiger partial charge in [-0.25, -0.2) is 9.07 Å². The van der Waals surface area contributed by atoms with Gasteiger partial charge in [0.15, 0.2) is 0 Å². The number of carbonyl (C=O) groups is 1. The predicted molar refractivity (Wildman–Crippen MR) is 87.3 cm³/mol. The first-order valence-electron chi connectivity index (χ1n) is 7.86. The first-order chi connectivity index (χ1) is 12.3. The molecule has 0 fully saturated rings. The van der Waals surface area contributed by atoms with Crippen LogP contribution in [0.1, 0.15) is 5.56 Å². The maximum atomic E-state index is 14.0. The molecule has 2 heterocycles. The lowest BCUT2D eigenvalue weighted by Crippen LogP contribution is -2.41. The average Bonchev–Trinajstić information content (AvgIpc) is 3.06. The van der Waals surface area contributed by atoms with Crippen molar-refractivity contribution in [3.63, 3.8) is 0 Å². The molecule has 1 aliphatic rings. The molecular weight excluding hydrogens is 352 g/mol. The number of halogens is 4. The fourth-order valence-corrected chi connectivity index (χ4v) is 2.94. The summed E-state index contributed by atoms with van der Waals surface area (Å²) in [4.78, 5) is 13.0. The van der Waals surface area contributed by atoms with Gasteiger partial charge in [0.05, 0.1) is 11.8 Å². The monoisotopic (exact) mass is 368 g/mol. The first-order valence-corrected chi connectivity index (χ1v) is 7.86. The van der Waals surface area contributed by atoms with E-state index >= 15 is 0 Å². The van der Waals surface area contributed by atoms with Crippen LogP contribution in [0, 0.1) is 11.7 Å². The third-order valence-electron chi connectivity index (χ3n) is 4.16. The molecule has 1 aromatic heterocycles. The Hall–Kier alpha value is -2.84. The van der Waals surface area contributed by atoms with Crippen LogP contribution >= 0.6 is 0 Å². The minimum Gasteiger partial charge on any atom is -0.352 e. The van der Waals surface area contributed by atoms with Gasteiger partial charge in [0.25, 0.3) is 0 Å². The molecule has 3 rings (SSSR count). The molecule has 1 aliphatic heterocycles. The van der Waals surface area contributed by atoms with Crippen LogP contribution in [0.4, 0.5) is 29.1 Å². The second-order valence-corrected chi connectivity index (χ2v) is 5.96. The SMILES string of the molecule is C=CC(=O)NCC1CN(c2ccc(C(F)(F)F)c(F)c2)c2ccnn2C1. The summed E-state index contributed by atoms with van der Waals surface area (Å²) >= 11 is 0. The van der Waals surface area contributed by atoms with Crippen molar-refractivity contribution in [2.24, 2.45) is 5.92 Å². The number of hydrogen-bond acceptors (Lipinski definition) is 3. The van der Waals surface area contributed by atoms with E-state index in [1.807, 2.05) is 0 Å². The highest BCUT2D eigenvalue weighted by Crippen LogP contribution is 2.36. The number of anilines is 2. The smallest absolute Gasteiger partial charge is 0.352 e. The van der Waals surface area contributed by atoms with Crippen molar-refractivity contribution in [3.8, 4) is 0 Å². The number of nitrogens with one attached hydrogen (secondary N) is 1. The molecule has 138 valence electrons. The van der Waals surface area contributed by atoms with E-state index in [0.29, 0.717) is 25.5 Å². The summed E-state index contributed by atoms with van der Waals surface area (Å²) in [5.74, 6) is -1.06. The van der Waals surface area contributed by atoms with Gasteiger partial charge in [-0.05, 0) is 24.3 Å². The first kappa shape index (κ1) is 18.0. The fraction of sp³-hybridized carbons (Fsp3) is 0.294. The minimum absolute atomic E-state index is 0.0587. The summed E-state index contributed by atoms with van der Waals surface area (Å²) in [6, 6.07) is 4.53. The van der Waals surface area contributed by atoms with Gasteiger partial charge < -0.3 is 10.2 Å². The normalized spacial score (nSPS) is 16.9. The van der Waals surface area contributed by atoms with Crippen LogP contribution in [0.25, 0.3) is 0 Å². The molecular formula is C17H16F4N4O. The molecule has 0 spiro atoms. The number of rotatable bonds is 4. The maximum absolute atomic E-state index is 14.0. The van der Waals surface area contributed by atoms with Crippen LogP contribution in [-0.2, 0) is 17.5 Å². The molecule has 0 saturated heterocycles. The Bertz CT molecular complexity index is 830. The van der Waals surface area contributed by atoms with Gasteiger partial charge in [-0.1, -0.05) is 6.58 Å². The van der Waals surface area contributed by atoms with Gasteiger partial charge in [-0.3, -0.25) is 4.79 Å². The summed E-state index contributed by atoms with van der Waals surface area (Å²) in [7, 11) is 0. The predicted octanol–water partition coefficient (Wildman–Crippen LogP) is 3.11. The second kappa shape index (κ2) is 6.81. The Morgan fingerprint density at radius 2 is 2.12 bits per heavy atom. The lowest BCUT2D eigenvalue weighted by molar-refractivity contribution is -0.140. The summed E-state index contributed by atoms with van der Waals surface area (Å²) in [5, 5.41) is 6.87. The molecule has 1 amide bonds. The van der Waals surface area contributed by atoms with Gasteiger partial charge >= 0.3 is 6.18 Å². The van der Waals surface area contributed by atoms with Crippen LogP contribution in [0.3, 0.4) is 0 Å². The van der Waals surface area contributed by atoms with Crippen molar-refractivity contribution in [3.05, 3.63) is 54.5 Å². The number of carbonyl (C=O) groups excluding carboxylic acids is 1. The van der Waals surface area contributed by atoms with Crippen LogP contribution in [0.15, 0.2) is 43.1 Å². The lowest BCUT2D eigenvalue weighted by atomic mass is 10.1. The summed E-state index contributed by atoms with van der Waals surface area (Å²) in [6.45, 7) is 4.64. The Labute approximate surface area is 146 Å². The summed E-state index contributed by atoms with van der Waals surface area (Å²) in [5.41, 5.74) is -1.02. The lowest BCUT2D eigenvalue weighted by Gasteiger charge is -2.35. The van der Waals surface area contributed by atoms with Crippen LogP contribution in [0.5, 0.6) is 0 Å². The number of aromatic nitrogens is 2. The molecule has 0 aliphatic carbocycles. The van der Waals surface area contributed by atoms with Crippen molar-refractivity contribution < 1.29 is 22.4 Å².